The van der Waals surface area contributed by atoms with E-state index >= 15 is 0 Å². The third-order valence-electron chi connectivity index (χ3n) is 1.95. The molecule has 0 aliphatic carbocycles. The van der Waals surface area contributed by atoms with E-state index in [1.807, 2.05) is 0 Å². The molecule has 1 aromatic carbocycles. The van der Waals surface area contributed by atoms with Gasteiger partial charge in [-0.2, -0.15) is 0 Å². The monoisotopic (exact) mass is 225 g/mol. The predicted molar refractivity (Wildman–Crippen MR) is 56.0 cm³/mol. The SMILES string of the molecule is CN(C)C(=O)COc1ccc(F)cc1C=O. The fraction of sp³-hybridized carbons (Fsp3) is 0.273. The lowest BCUT2D eigenvalue weighted by Gasteiger charge is -2.12. The molecule has 0 spiro atoms. The molecular formula is C11H12FNO3. The number of aldehydes is 1. The second-order valence-corrected chi connectivity index (χ2v) is 3.38. The molecule has 1 amide bonds. The van der Waals surface area contributed by atoms with Crippen LogP contribution in [0.4, 0.5) is 4.39 Å². The number of hydrogen-bond acceptors (Lipinski definition) is 3. The lowest BCUT2D eigenvalue weighted by atomic mass is 10.2. The molecule has 0 saturated heterocycles. The minimum Gasteiger partial charge on any atom is -0.483 e. The second-order valence-electron chi connectivity index (χ2n) is 3.38. The molecule has 0 N–H and O–H groups in total. The summed E-state index contributed by atoms with van der Waals surface area (Å²) in [5.74, 6) is -0.554. The van der Waals surface area contributed by atoms with Crippen LogP contribution in [0.1, 0.15) is 10.4 Å². The van der Waals surface area contributed by atoms with Crippen molar-refractivity contribution < 1.29 is 18.7 Å². The van der Waals surface area contributed by atoms with Crippen molar-refractivity contribution >= 4 is 12.2 Å². The number of amides is 1. The van der Waals surface area contributed by atoms with Gasteiger partial charge >= 0.3 is 0 Å². The van der Waals surface area contributed by atoms with E-state index in [1.165, 1.54) is 17.0 Å². The topological polar surface area (TPSA) is 46.6 Å². The van der Waals surface area contributed by atoms with E-state index in [0.717, 1.165) is 6.07 Å². The van der Waals surface area contributed by atoms with Crippen molar-refractivity contribution in [1.29, 1.82) is 0 Å². The molecule has 0 heterocycles. The highest BCUT2D eigenvalue weighted by molar-refractivity contribution is 5.80. The van der Waals surface area contributed by atoms with Crippen molar-refractivity contribution in [2.45, 2.75) is 0 Å². The van der Waals surface area contributed by atoms with Gasteiger partial charge in [0.05, 0.1) is 5.56 Å². The highest BCUT2D eigenvalue weighted by Gasteiger charge is 2.08. The van der Waals surface area contributed by atoms with E-state index in [4.69, 9.17) is 4.74 Å². The molecule has 0 bridgehead atoms. The molecule has 0 aliphatic rings. The molecule has 1 aromatic rings. The number of likely N-dealkylation sites (N-methyl/N-ethyl adjacent to an activating group) is 1. The lowest BCUT2D eigenvalue weighted by molar-refractivity contribution is -0.130. The van der Waals surface area contributed by atoms with Gasteiger partial charge in [-0.3, -0.25) is 9.59 Å². The van der Waals surface area contributed by atoms with Crippen molar-refractivity contribution in [2.75, 3.05) is 20.7 Å². The van der Waals surface area contributed by atoms with Gasteiger partial charge in [-0.05, 0) is 18.2 Å². The Kier molecular flexibility index (Phi) is 3.99. The summed E-state index contributed by atoms with van der Waals surface area (Å²) in [6.07, 6.45) is 0.485. The van der Waals surface area contributed by atoms with Crippen molar-refractivity contribution in [1.82, 2.24) is 4.90 Å². The fourth-order valence-corrected chi connectivity index (χ4v) is 1.01. The Morgan fingerprint density at radius 2 is 2.19 bits per heavy atom. The molecular weight excluding hydrogens is 213 g/mol. The van der Waals surface area contributed by atoms with Gasteiger partial charge in [0.2, 0.25) is 0 Å². The van der Waals surface area contributed by atoms with Crippen LogP contribution < -0.4 is 4.74 Å². The average Bonchev–Trinajstić information content (AvgIpc) is 2.26. The number of nitrogens with zero attached hydrogens (tertiary/aromatic N) is 1. The number of halogens is 1. The quantitative estimate of drug-likeness (QED) is 0.721. The number of carbonyl (C=O) groups is 2. The van der Waals surface area contributed by atoms with Gasteiger partial charge in [-0.25, -0.2) is 4.39 Å². The van der Waals surface area contributed by atoms with Gasteiger partial charge in [-0.1, -0.05) is 0 Å². The molecule has 0 aliphatic heterocycles. The van der Waals surface area contributed by atoms with Crippen molar-refractivity contribution in [3.05, 3.63) is 29.6 Å². The highest BCUT2D eigenvalue weighted by atomic mass is 19.1. The zero-order valence-corrected chi connectivity index (χ0v) is 9.07. The van der Waals surface area contributed by atoms with Crippen molar-refractivity contribution in [3.63, 3.8) is 0 Å². The summed E-state index contributed by atoms with van der Waals surface area (Å²) in [6, 6.07) is 3.55. The van der Waals surface area contributed by atoms with Crippen LogP contribution in [0.25, 0.3) is 0 Å². The zero-order chi connectivity index (χ0) is 12.1. The maximum atomic E-state index is 12.8. The summed E-state index contributed by atoms with van der Waals surface area (Å²) >= 11 is 0. The number of hydrogen-bond donors (Lipinski definition) is 0. The van der Waals surface area contributed by atoms with Gasteiger partial charge in [0.15, 0.2) is 12.9 Å². The summed E-state index contributed by atoms with van der Waals surface area (Å²) < 4.78 is 17.9. The average molecular weight is 225 g/mol. The molecule has 0 radical (unpaired) electrons. The Labute approximate surface area is 92.6 Å². The van der Waals surface area contributed by atoms with Gasteiger partial charge in [0, 0.05) is 14.1 Å². The Bertz CT molecular complexity index is 404. The molecule has 16 heavy (non-hydrogen) atoms. The Morgan fingerprint density at radius 3 is 2.75 bits per heavy atom. The maximum absolute atomic E-state index is 12.8. The molecule has 0 fully saturated rings. The number of ether oxygens (including phenoxy) is 1. The van der Waals surface area contributed by atoms with Crippen LogP contribution in [0.15, 0.2) is 18.2 Å². The van der Waals surface area contributed by atoms with E-state index in [-0.39, 0.29) is 23.8 Å². The van der Waals surface area contributed by atoms with Crippen LogP contribution in [0.5, 0.6) is 5.75 Å². The fourth-order valence-electron chi connectivity index (χ4n) is 1.01. The first-order chi connectivity index (χ1) is 7.54. The summed E-state index contributed by atoms with van der Waals surface area (Å²) in [7, 11) is 3.19. The van der Waals surface area contributed by atoms with Crippen LogP contribution >= 0.6 is 0 Å². The van der Waals surface area contributed by atoms with Crippen LogP contribution in [0.2, 0.25) is 0 Å². The third kappa shape index (κ3) is 3.05. The summed E-state index contributed by atoms with van der Waals surface area (Å²) in [5, 5.41) is 0. The van der Waals surface area contributed by atoms with Crippen molar-refractivity contribution in [2.24, 2.45) is 0 Å². The number of benzene rings is 1. The molecule has 0 saturated carbocycles. The van der Waals surface area contributed by atoms with E-state index in [0.29, 0.717) is 6.29 Å². The Morgan fingerprint density at radius 1 is 1.50 bits per heavy atom. The normalized spacial score (nSPS) is 9.69. The summed E-state index contributed by atoms with van der Waals surface area (Å²) in [6.45, 7) is -0.181. The third-order valence-corrected chi connectivity index (χ3v) is 1.95. The molecule has 86 valence electrons. The molecule has 1 rings (SSSR count). The number of rotatable bonds is 4. The highest BCUT2D eigenvalue weighted by Crippen LogP contribution is 2.17. The van der Waals surface area contributed by atoms with E-state index < -0.39 is 5.82 Å². The second kappa shape index (κ2) is 5.25. The van der Waals surface area contributed by atoms with Gasteiger partial charge < -0.3 is 9.64 Å². The maximum Gasteiger partial charge on any atom is 0.259 e. The van der Waals surface area contributed by atoms with Crippen LogP contribution in [-0.2, 0) is 4.79 Å². The minimum atomic E-state index is -0.520. The van der Waals surface area contributed by atoms with Gasteiger partial charge in [0.25, 0.3) is 5.91 Å². The molecule has 0 unspecified atom stereocenters. The lowest BCUT2D eigenvalue weighted by Crippen LogP contribution is -2.27. The van der Waals surface area contributed by atoms with E-state index in [2.05, 4.69) is 0 Å². The molecule has 5 heteroatoms. The van der Waals surface area contributed by atoms with Crippen molar-refractivity contribution in [3.8, 4) is 5.75 Å². The van der Waals surface area contributed by atoms with E-state index in [9.17, 15) is 14.0 Å². The smallest absolute Gasteiger partial charge is 0.259 e. The first kappa shape index (κ1) is 12.2. The molecule has 0 aromatic heterocycles. The zero-order valence-electron chi connectivity index (χ0n) is 9.07. The molecule has 4 nitrogen and oxygen atoms in total. The Balaban J connectivity index is 2.74. The van der Waals surface area contributed by atoms with Crippen LogP contribution in [0, 0.1) is 5.82 Å². The van der Waals surface area contributed by atoms with E-state index in [1.54, 1.807) is 14.1 Å². The largest absolute Gasteiger partial charge is 0.483 e. The molecule has 0 atom stereocenters. The summed E-state index contributed by atoms with van der Waals surface area (Å²) in [5.41, 5.74) is 0.0894. The van der Waals surface area contributed by atoms with Gasteiger partial charge in [-0.15, -0.1) is 0 Å². The summed E-state index contributed by atoms with van der Waals surface area (Å²) in [4.78, 5) is 23.2. The standard InChI is InChI=1S/C11H12FNO3/c1-13(2)11(15)7-16-10-4-3-9(12)5-8(10)6-14/h3-6H,7H2,1-2H3. The van der Waals surface area contributed by atoms with Crippen LogP contribution in [-0.4, -0.2) is 37.8 Å². The minimum absolute atomic E-state index is 0.0894. The predicted octanol–water partition coefficient (Wildman–Crippen LogP) is 1.11. The van der Waals surface area contributed by atoms with Crippen LogP contribution in [0.3, 0.4) is 0 Å². The Hall–Kier alpha value is -1.91. The number of carbonyl (C=O) groups excluding carboxylic acids is 2. The van der Waals surface area contributed by atoms with Gasteiger partial charge in [0.1, 0.15) is 11.6 Å². The first-order valence-electron chi connectivity index (χ1n) is 4.62. The first-order valence-corrected chi connectivity index (χ1v) is 4.62.